The third kappa shape index (κ3) is 2.16. The van der Waals surface area contributed by atoms with Crippen molar-refractivity contribution >= 4 is 17.7 Å². The highest BCUT2D eigenvalue weighted by atomic mass is 32.2. The van der Waals surface area contributed by atoms with E-state index in [1.807, 2.05) is 0 Å². The van der Waals surface area contributed by atoms with Gasteiger partial charge < -0.3 is 10.8 Å². The third-order valence-corrected chi connectivity index (χ3v) is 1.99. The highest BCUT2D eigenvalue weighted by Crippen LogP contribution is 2.11. The number of nitrogens with two attached hydrogens (primary N) is 1. The Morgan fingerprint density at radius 3 is 2.92 bits per heavy atom. The number of carbonyl (C=O) groups excluding carboxylic acids is 1. The summed E-state index contributed by atoms with van der Waals surface area (Å²) in [4.78, 5) is 18.6. The van der Waals surface area contributed by atoms with Gasteiger partial charge in [-0.05, 0) is 6.26 Å². The van der Waals surface area contributed by atoms with E-state index in [-0.39, 0.29) is 12.3 Å². The first-order valence-electron chi connectivity index (χ1n) is 3.49. The van der Waals surface area contributed by atoms with E-state index in [4.69, 9.17) is 10.8 Å². The van der Waals surface area contributed by atoms with Crippen LogP contribution >= 0.6 is 11.8 Å². The molecule has 70 valence electrons. The predicted molar refractivity (Wildman–Crippen MR) is 48.3 cm³/mol. The minimum absolute atomic E-state index is 0.0850. The highest BCUT2D eigenvalue weighted by molar-refractivity contribution is 7.98. The number of hydrogen-bond donors (Lipinski definition) is 2. The molecule has 3 N–H and O–H groups in total. The van der Waals surface area contributed by atoms with Gasteiger partial charge in [-0.15, -0.1) is 0 Å². The maximum absolute atomic E-state index is 10.9. The predicted octanol–water partition coefficient (Wildman–Crippen LogP) is -0.210. The lowest BCUT2D eigenvalue weighted by Crippen LogP contribution is -2.17. The number of carbonyl (C=O) groups is 1. The van der Waals surface area contributed by atoms with E-state index in [0.29, 0.717) is 10.7 Å². The van der Waals surface area contributed by atoms with Crippen LogP contribution in [0.25, 0.3) is 0 Å². The fourth-order valence-electron chi connectivity index (χ4n) is 0.818. The Morgan fingerprint density at radius 2 is 2.46 bits per heavy atom. The summed E-state index contributed by atoms with van der Waals surface area (Å²) in [7, 11) is 0. The summed E-state index contributed by atoms with van der Waals surface area (Å²) in [6.07, 6.45) is 3.19. The molecule has 0 aliphatic rings. The Hall–Kier alpha value is -1.14. The second-order valence-electron chi connectivity index (χ2n) is 2.25. The van der Waals surface area contributed by atoms with Gasteiger partial charge >= 0.3 is 0 Å². The lowest BCUT2D eigenvalue weighted by molar-refractivity contribution is 0.0991. The summed E-state index contributed by atoms with van der Waals surface area (Å²) in [5.74, 6) is -0.651. The quantitative estimate of drug-likeness (QED) is 0.519. The van der Waals surface area contributed by atoms with Crippen LogP contribution in [0.2, 0.25) is 0 Å². The van der Waals surface area contributed by atoms with Gasteiger partial charge in [-0.25, -0.2) is 9.97 Å². The van der Waals surface area contributed by atoms with Crippen molar-refractivity contribution in [3.63, 3.8) is 0 Å². The number of amides is 1. The molecule has 1 amide bonds. The topological polar surface area (TPSA) is 89.1 Å². The Labute approximate surface area is 79.4 Å². The molecule has 6 heteroatoms. The Balaban J connectivity index is 3.18. The summed E-state index contributed by atoms with van der Waals surface area (Å²) < 4.78 is 0. The molecule has 13 heavy (non-hydrogen) atoms. The minimum atomic E-state index is -0.651. The molecule has 0 saturated carbocycles. The van der Waals surface area contributed by atoms with E-state index in [9.17, 15) is 4.79 Å². The number of thioether (sulfide) groups is 1. The van der Waals surface area contributed by atoms with E-state index in [1.54, 1.807) is 6.26 Å². The normalized spacial score (nSPS) is 10.0. The second kappa shape index (κ2) is 4.20. The number of rotatable bonds is 3. The van der Waals surface area contributed by atoms with Gasteiger partial charge in [0, 0.05) is 11.8 Å². The molecule has 0 bridgehead atoms. The summed E-state index contributed by atoms with van der Waals surface area (Å²) in [6, 6.07) is 0. The molecule has 0 atom stereocenters. The van der Waals surface area contributed by atoms with Gasteiger partial charge in [0.1, 0.15) is 5.69 Å². The summed E-state index contributed by atoms with van der Waals surface area (Å²) in [5.41, 5.74) is 5.50. The second-order valence-corrected chi connectivity index (χ2v) is 3.03. The maximum Gasteiger partial charge on any atom is 0.267 e. The minimum Gasteiger partial charge on any atom is -0.392 e. The molecule has 0 spiro atoms. The Morgan fingerprint density at radius 1 is 1.77 bits per heavy atom. The summed E-state index contributed by atoms with van der Waals surface area (Å²) >= 11 is 1.31. The monoisotopic (exact) mass is 199 g/mol. The van der Waals surface area contributed by atoms with Crippen molar-refractivity contribution in [2.75, 3.05) is 6.26 Å². The van der Waals surface area contributed by atoms with Gasteiger partial charge in [0.2, 0.25) is 0 Å². The smallest absolute Gasteiger partial charge is 0.267 e. The van der Waals surface area contributed by atoms with Gasteiger partial charge in [-0.1, -0.05) is 11.8 Å². The molecule has 1 aromatic rings. The highest BCUT2D eigenvalue weighted by Gasteiger charge is 2.10. The van der Waals surface area contributed by atoms with E-state index in [2.05, 4.69) is 9.97 Å². The van der Waals surface area contributed by atoms with Crippen LogP contribution < -0.4 is 5.73 Å². The zero-order valence-corrected chi connectivity index (χ0v) is 7.84. The Bertz CT molecular complexity index is 330. The number of nitrogens with zero attached hydrogens (tertiary/aromatic N) is 2. The first kappa shape index (κ1) is 9.94. The van der Waals surface area contributed by atoms with Crippen LogP contribution in [-0.4, -0.2) is 27.2 Å². The maximum atomic E-state index is 10.9. The molecule has 1 heterocycles. The van der Waals surface area contributed by atoms with Crippen molar-refractivity contribution in [1.29, 1.82) is 0 Å². The van der Waals surface area contributed by atoms with Crippen LogP contribution in [0.15, 0.2) is 11.4 Å². The molecule has 0 aromatic carbocycles. The van der Waals surface area contributed by atoms with E-state index in [1.165, 1.54) is 18.0 Å². The third-order valence-electron chi connectivity index (χ3n) is 1.43. The lowest BCUT2D eigenvalue weighted by Gasteiger charge is -2.02. The number of aromatic nitrogens is 2. The van der Waals surface area contributed by atoms with E-state index >= 15 is 0 Å². The van der Waals surface area contributed by atoms with Crippen molar-refractivity contribution in [1.82, 2.24) is 9.97 Å². The molecular formula is C7H9N3O2S. The van der Waals surface area contributed by atoms with Crippen molar-refractivity contribution in [3.05, 3.63) is 17.5 Å². The molecule has 1 aromatic heterocycles. The van der Waals surface area contributed by atoms with Crippen LogP contribution in [0.4, 0.5) is 0 Å². The van der Waals surface area contributed by atoms with Crippen LogP contribution in [0.3, 0.4) is 0 Å². The van der Waals surface area contributed by atoms with Gasteiger partial charge in [0.15, 0.2) is 5.16 Å². The van der Waals surface area contributed by atoms with Crippen LogP contribution in [0.1, 0.15) is 16.1 Å². The van der Waals surface area contributed by atoms with E-state index in [0.717, 1.165) is 0 Å². The zero-order chi connectivity index (χ0) is 9.84. The van der Waals surface area contributed by atoms with Crippen molar-refractivity contribution in [2.24, 2.45) is 5.73 Å². The van der Waals surface area contributed by atoms with E-state index < -0.39 is 5.91 Å². The van der Waals surface area contributed by atoms with Crippen molar-refractivity contribution < 1.29 is 9.90 Å². The number of hydrogen-bond acceptors (Lipinski definition) is 5. The number of aliphatic hydroxyl groups is 1. The largest absolute Gasteiger partial charge is 0.392 e. The summed E-state index contributed by atoms with van der Waals surface area (Å²) in [5, 5.41) is 9.30. The molecule has 0 fully saturated rings. The molecule has 0 unspecified atom stereocenters. The van der Waals surface area contributed by atoms with Gasteiger partial charge in [-0.3, -0.25) is 4.79 Å². The SMILES string of the molecule is CSc1ncc(CO)c(C(N)=O)n1. The molecule has 1 rings (SSSR count). The number of primary amides is 1. The zero-order valence-electron chi connectivity index (χ0n) is 7.02. The average Bonchev–Trinajstić information content (AvgIpc) is 2.16. The molecule has 5 nitrogen and oxygen atoms in total. The molecule has 0 radical (unpaired) electrons. The van der Waals surface area contributed by atoms with Crippen LogP contribution in [-0.2, 0) is 6.61 Å². The van der Waals surface area contributed by atoms with Gasteiger partial charge in [-0.2, -0.15) is 0 Å². The van der Waals surface area contributed by atoms with Crippen molar-refractivity contribution in [3.8, 4) is 0 Å². The first-order valence-corrected chi connectivity index (χ1v) is 4.72. The fourth-order valence-corrected chi connectivity index (χ4v) is 1.16. The number of aliphatic hydroxyl groups excluding tert-OH is 1. The van der Waals surface area contributed by atoms with Crippen molar-refractivity contribution in [2.45, 2.75) is 11.8 Å². The molecule has 0 saturated heterocycles. The van der Waals surface area contributed by atoms with Gasteiger partial charge in [0.25, 0.3) is 5.91 Å². The van der Waals surface area contributed by atoms with Crippen LogP contribution in [0.5, 0.6) is 0 Å². The first-order chi connectivity index (χ1) is 6.19. The fraction of sp³-hybridized carbons (Fsp3) is 0.286. The van der Waals surface area contributed by atoms with Gasteiger partial charge in [0.05, 0.1) is 6.61 Å². The molecular weight excluding hydrogens is 190 g/mol. The molecule has 0 aliphatic heterocycles. The molecule has 0 aliphatic carbocycles. The standard InChI is InChI=1S/C7H9N3O2S/c1-13-7-9-2-4(3-11)5(10-7)6(8)12/h2,11H,3H2,1H3,(H2,8,12). The van der Waals surface area contributed by atoms with Crippen LogP contribution in [0, 0.1) is 0 Å². The average molecular weight is 199 g/mol. The summed E-state index contributed by atoms with van der Waals surface area (Å²) in [6.45, 7) is -0.285. The lowest BCUT2D eigenvalue weighted by atomic mass is 10.2. The Kier molecular flexibility index (Phi) is 3.21.